The summed E-state index contributed by atoms with van der Waals surface area (Å²) in [4.78, 5) is 27.6. The number of piperidine rings is 2. The zero-order chi connectivity index (χ0) is 15.2. The monoisotopic (exact) mass is 297 g/mol. The zero-order valence-electron chi connectivity index (χ0n) is 12.7. The van der Waals surface area contributed by atoms with Gasteiger partial charge in [0.05, 0.1) is 12.5 Å². The minimum Gasteiger partial charge on any atom is -0.396 e. The molecule has 2 saturated heterocycles. The Kier molecular flexibility index (Phi) is 5.99. The van der Waals surface area contributed by atoms with Gasteiger partial charge in [-0.3, -0.25) is 14.5 Å². The third-order valence-electron chi connectivity index (χ3n) is 4.68. The van der Waals surface area contributed by atoms with Crippen molar-refractivity contribution in [2.45, 2.75) is 32.1 Å². The van der Waals surface area contributed by atoms with Crippen molar-refractivity contribution in [1.82, 2.24) is 9.80 Å². The number of carbonyl (C=O) groups is 2. The third kappa shape index (κ3) is 4.68. The molecule has 2 unspecified atom stereocenters. The fraction of sp³-hybridized carbons (Fsp3) is 0.867. The first-order valence-corrected chi connectivity index (χ1v) is 8.00. The summed E-state index contributed by atoms with van der Waals surface area (Å²) in [5.41, 5.74) is 5.35. The van der Waals surface area contributed by atoms with Gasteiger partial charge in [-0.25, -0.2) is 0 Å². The molecule has 2 heterocycles. The average Bonchev–Trinajstić information content (AvgIpc) is 2.48. The molecule has 0 saturated carbocycles. The van der Waals surface area contributed by atoms with Crippen LogP contribution in [0.5, 0.6) is 0 Å². The zero-order valence-corrected chi connectivity index (χ0v) is 12.7. The Morgan fingerprint density at radius 3 is 2.62 bits per heavy atom. The molecule has 2 fully saturated rings. The molecule has 0 aromatic carbocycles. The van der Waals surface area contributed by atoms with E-state index in [0.717, 1.165) is 51.7 Å². The highest BCUT2D eigenvalue weighted by Gasteiger charge is 2.28. The molecule has 2 atom stereocenters. The molecule has 0 aromatic rings. The number of aliphatic hydroxyl groups excluding tert-OH is 1. The second kappa shape index (κ2) is 7.75. The molecule has 6 heteroatoms. The Morgan fingerprint density at radius 2 is 1.90 bits per heavy atom. The number of nitrogens with zero attached hydrogens (tertiary/aromatic N) is 2. The fourth-order valence-corrected chi connectivity index (χ4v) is 3.44. The molecule has 3 N–H and O–H groups in total. The van der Waals surface area contributed by atoms with Gasteiger partial charge in [0.15, 0.2) is 0 Å². The van der Waals surface area contributed by atoms with Crippen LogP contribution in [-0.2, 0) is 9.59 Å². The van der Waals surface area contributed by atoms with Crippen LogP contribution in [0.4, 0.5) is 0 Å². The molecule has 0 aliphatic carbocycles. The highest BCUT2D eigenvalue weighted by molar-refractivity contribution is 5.81. The number of hydrogen-bond acceptors (Lipinski definition) is 4. The van der Waals surface area contributed by atoms with Crippen molar-refractivity contribution in [3.63, 3.8) is 0 Å². The van der Waals surface area contributed by atoms with Crippen LogP contribution >= 0.6 is 0 Å². The lowest BCUT2D eigenvalue weighted by Gasteiger charge is -2.36. The van der Waals surface area contributed by atoms with Gasteiger partial charge in [0, 0.05) is 26.2 Å². The topological polar surface area (TPSA) is 86.9 Å². The number of carbonyl (C=O) groups excluding carboxylic acids is 2. The van der Waals surface area contributed by atoms with E-state index in [1.165, 1.54) is 0 Å². The van der Waals surface area contributed by atoms with Gasteiger partial charge in [-0.15, -0.1) is 0 Å². The summed E-state index contributed by atoms with van der Waals surface area (Å²) in [7, 11) is 0. The van der Waals surface area contributed by atoms with Gasteiger partial charge in [-0.1, -0.05) is 0 Å². The maximum Gasteiger partial charge on any atom is 0.236 e. The maximum absolute atomic E-state index is 12.4. The molecular weight excluding hydrogens is 270 g/mol. The van der Waals surface area contributed by atoms with Gasteiger partial charge in [-0.05, 0) is 44.6 Å². The number of aliphatic hydroxyl groups is 1. The van der Waals surface area contributed by atoms with Gasteiger partial charge in [0.25, 0.3) is 0 Å². The van der Waals surface area contributed by atoms with E-state index in [1.54, 1.807) is 4.90 Å². The summed E-state index contributed by atoms with van der Waals surface area (Å²) < 4.78 is 0. The Labute approximate surface area is 126 Å². The molecular formula is C15H27N3O3. The summed E-state index contributed by atoms with van der Waals surface area (Å²) in [6.45, 7) is 3.69. The summed E-state index contributed by atoms with van der Waals surface area (Å²) in [5.74, 6) is 0.113. The molecule has 0 bridgehead atoms. The van der Waals surface area contributed by atoms with Crippen molar-refractivity contribution in [3.05, 3.63) is 0 Å². The molecule has 2 aliphatic heterocycles. The minimum absolute atomic E-state index is 0.102. The molecule has 0 spiro atoms. The van der Waals surface area contributed by atoms with Gasteiger partial charge >= 0.3 is 0 Å². The van der Waals surface area contributed by atoms with Gasteiger partial charge in [0.1, 0.15) is 0 Å². The molecule has 21 heavy (non-hydrogen) atoms. The molecule has 2 amide bonds. The lowest BCUT2D eigenvalue weighted by Crippen LogP contribution is -2.49. The lowest BCUT2D eigenvalue weighted by molar-refractivity contribution is -0.136. The highest BCUT2D eigenvalue weighted by atomic mass is 16.3. The van der Waals surface area contributed by atoms with Crippen molar-refractivity contribution < 1.29 is 14.7 Å². The van der Waals surface area contributed by atoms with E-state index in [0.29, 0.717) is 19.0 Å². The first kappa shape index (κ1) is 16.2. The van der Waals surface area contributed by atoms with E-state index in [2.05, 4.69) is 4.90 Å². The summed E-state index contributed by atoms with van der Waals surface area (Å²) in [5, 5.41) is 9.03. The van der Waals surface area contributed by atoms with Crippen molar-refractivity contribution in [2.75, 3.05) is 39.3 Å². The normalized spacial score (nSPS) is 27.6. The van der Waals surface area contributed by atoms with E-state index >= 15 is 0 Å². The Bertz CT molecular complexity index is 373. The van der Waals surface area contributed by atoms with E-state index in [-0.39, 0.29) is 24.3 Å². The number of likely N-dealkylation sites (tertiary alicyclic amines) is 2. The van der Waals surface area contributed by atoms with Crippen LogP contribution in [0.3, 0.4) is 0 Å². The largest absolute Gasteiger partial charge is 0.396 e. The number of nitrogens with two attached hydrogens (primary N) is 1. The maximum atomic E-state index is 12.4. The SMILES string of the molecule is NC(=O)C1CCCN(C(=O)CN2CCCC(CCO)C2)C1. The first-order chi connectivity index (χ1) is 10.1. The van der Waals surface area contributed by atoms with Crippen LogP contribution in [0.15, 0.2) is 0 Å². The second-order valence-corrected chi connectivity index (χ2v) is 6.34. The van der Waals surface area contributed by atoms with E-state index in [4.69, 9.17) is 10.8 Å². The predicted octanol–water partition coefficient (Wildman–Crippen LogP) is -0.195. The summed E-state index contributed by atoms with van der Waals surface area (Å²) in [6.07, 6.45) is 4.69. The van der Waals surface area contributed by atoms with Crippen molar-refractivity contribution in [1.29, 1.82) is 0 Å². The second-order valence-electron chi connectivity index (χ2n) is 6.34. The van der Waals surface area contributed by atoms with Crippen LogP contribution in [0.2, 0.25) is 0 Å². The van der Waals surface area contributed by atoms with Gasteiger partial charge < -0.3 is 15.7 Å². The van der Waals surface area contributed by atoms with Crippen LogP contribution in [-0.4, -0.2) is 66.1 Å². The standard InChI is InChI=1S/C15H27N3O3/c16-15(21)13-4-2-7-18(10-13)14(20)11-17-6-1-3-12(9-17)5-8-19/h12-13,19H,1-11H2,(H2,16,21). The predicted molar refractivity (Wildman–Crippen MR) is 79.4 cm³/mol. The fourth-order valence-electron chi connectivity index (χ4n) is 3.44. The first-order valence-electron chi connectivity index (χ1n) is 8.00. The third-order valence-corrected chi connectivity index (χ3v) is 4.68. The lowest BCUT2D eigenvalue weighted by atomic mass is 9.95. The molecule has 0 aromatic heterocycles. The molecule has 120 valence electrons. The molecule has 6 nitrogen and oxygen atoms in total. The number of hydrogen-bond donors (Lipinski definition) is 2. The molecule has 0 radical (unpaired) electrons. The molecule has 2 rings (SSSR count). The number of primary amides is 1. The Balaban J connectivity index is 1.81. The van der Waals surface area contributed by atoms with Crippen molar-refractivity contribution in [2.24, 2.45) is 17.6 Å². The minimum atomic E-state index is -0.298. The number of amides is 2. The van der Waals surface area contributed by atoms with Crippen LogP contribution < -0.4 is 5.73 Å². The Morgan fingerprint density at radius 1 is 1.14 bits per heavy atom. The van der Waals surface area contributed by atoms with E-state index in [9.17, 15) is 9.59 Å². The van der Waals surface area contributed by atoms with E-state index < -0.39 is 0 Å². The van der Waals surface area contributed by atoms with Crippen LogP contribution in [0.1, 0.15) is 32.1 Å². The van der Waals surface area contributed by atoms with Gasteiger partial charge in [0.2, 0.25) is 11.8 Å². The van der Waals surface area contributed by atoms with Crippen molar-refractivity contribution >= 4 is 11.8 Å². The van der Waals surface area contributed by atoms with E-state index in [1.807, 2.05) is 0 Å². The smallest absolute Gasteiger partial charge is 0.236 e. The highest BCUT2D eigenvalue weighted by Crippen LogP contribution is 2.20. The Hall–Kier alpha value is -1.14. The average molecular weight is 297 g/mol. The summed E-state index contributed by atoms with van der Waals surface area (Å²) in [6, 6.07) is 0. The van der Waals surface area contributed by atoms with Crippen molar-refractivity contribution in [3.8, 4) is 0 Å². The van der Waals surface area contributed by atoms with Crippen LogP contribution in [0.25, 0.3) is 0 Å². The molecule has 2 aliphatic rings. The van der Waals surface area contributed by atoms with Gasteiger partial charge in [-0.2, -0.15) is 0 Å². The quantitative estimate of drug-likeness (QED) is 0.736. The number of rotatable bonds is 5. The van der Waals surface area contributed by atoms with Crippen LogP contribution in [0, 0.1) is 11.8 Å². The summed E-state index contributed by atoms with van der Waals surface area (Å²) >= 11 is 0.